The molecule has 0 spiro atoms. The fourth-order valence-electron chi connectivity index (χ4n) is 0.808. The third kappa shape index (κ3) is 2.01. The molecule has 0 aromatic carbocycles. The van der Waals surface area contributed by atoms with Gasteiger partial charge in [0.2, 0.25) is 0 Å². The van der Waals surface area contributed by atoms with Gasteiger partial charge in [0.1, 0.15) is 4.60 Å². The fourth-order valence-corrected chi connectivity index (χ4v) is 1.03. The van der Waals surface area contributed by atoms with Crippen molar-refractivity contribution in [3.8, 4) is 0 Å². The highest BCUT2D eigenvalue weighted by molar-refractivity contribution is 9.10. The number of halogens is 1. The number of pyridine rings is 1. The van der Waals surface area contributed by atoms with Gasteiger partial charge in [0, 0.05) is 6.20 Å². The first kappa shape index (κ1) is 8.68. The lowest BCUT2D eigenvalue weighted by atomic mass is 10.1. The zero-order chi connectivity index (χ0) is 8.43. The highest BCUT2D eigenvalue weighted by Gasteiger charge is 2.02. The van der Waals surface area contributed by atoms with Gasteiger partial charge in [0.15, 0.2) is 0 Å². The molecule has 0 aliphatic rings. The Labute approximate surface area is 74.4 Å². The Morgan fingerprint density at radius 3 is 2.73 bits per heavy atom. The van der Waals surface area contributed by atoms with Crippen LogP contribution >= 0.6 is 15.9 Å². The van der Waals surface area contributed by atoms with Crippen molar-refractivity contribution in [1.82, 2.24) is 4.98 Å². The number of rotatable bonds is 1. The van der Waals surface area contributed by atoms with Crippen LogP contribution in [0.4, 0.5) is 0 Å². The van der Waals surface area contributed by atoms with Crippen LogP contribution in [0.3, 0.4) is 0 Å². The van der Waals surface area contributed by atoms with Gasteiger partial charge < -0.3 is 5.11 Å². The second-order valence-electron chi connectivity index (χ2n) is 2.55. The van der Waals surface area contributed by atoms with Crippen molar-refractivity contribution in [3.05, 3.63) is 28.0 Å². The Balaban J connectivity index is 3.05. The van der Waals surface area contributed by atoms with Crippen LogP contribution in [0, 0.1) is 6.92 Å². The first-order valence-corrected chi connectivity index (χ1v) is 4.20. The first-order chi connectivity index (χ1) is 5.11. The molecule has 1 aromatic heterocycles. The lowest BCUT2D eigenvalue weighted by Gasteiger charge is -2.05. The zero-order valence-electron chi connectivity index (χ0n) is 6.50. The Morgan fingerprint density at radius 1 is 1.64 bits per heavy atom. The molecule has 0 aliphatic heterocycles. The monoisotopic (exact) mass is 215 g/mol. The number of aromatic nitrogens is 1. The molecule has 1 atom stereocenters. The molecule has 1 aromatic rings. The number of nitrogens with zero attached hydrogens (tertiary/aromatic N) is 1. The number of aliphatic hydroxyl groups excluding tert-OH is 1. The minimum absolute atomic E-state index is 0.436. The van der Waals surface area contributed by atoms with Crippen molar-refractivity contribution in [3.63, 3.8) is 0 Å². The summed E-state index contributed by atoms with van der Waals surface area (Å²) < 4.78 is 0.835. The molecule has 0 bridgehead atoms. The molecule has 60 valence electrons. The molecule has 0 saturated carbocycles. The number of hydrogen-bond donors (Lipinski definition) is 1. The van der Waals surface area contributed by atoms with Crippen LogP contribution < -0.4 is 0 Å². The quantitative estimate of drug-likeness (QED) is 0.730. The largest absolute Gasteiger partial charge is 0.389 e. The molecule has 1 N–H and O–H groups in total. The van der Waals surface area contributed by atoms with Gasteiger partial charge in [-0.3, -0.25) is 0 Å². The van der Waals surface area contributed by atoms with Gasteiger partial charge >= 0.3 is 0 Å². The van der Waals surface area contributed by atoms with Crippen LogP contribution in [-0.4, -0.2) is 10.1 Å². The first-order valence-electron chi connectivity index (χ1n) is 3.41. The molecule has 3 heteroatoms. The minimum atomic E-state index is -0.436. The summed E-state index contributed by atoms with van der Waals surface area (Å²) in [5.74, 6) is 0. The summed E-state index contributed by atoms with van der Waals surface area (Å²) in [5.41, 5.74) is 1.90. The van der Waals surface area contributed by atoms with Crippen LogP contribution in [0.1, 0.15) is 24.2 Å². The van der Waals surface area contributed by atoms with E-state index >= 15 is 0 Å². The van der Waals surface area contributed by atoms with Gasteiger partial charge in [-0.25, -0.2) is 4.98 Å². The van der Waals surface area contributed by atoms with E-state index < -0.39 is 6.10 Å². The van der Waals surface area contributed by atoms with E-state index in [1.165, 1.54) is 0 Å². The van der Waals surface area contributed by atoms with E-state index in [2.05, 4.69) is 20.9 Å². The van der Waals surface area contributed by atoms with Gasteiger partial charge in [-0.15, -0.1) is 0 Å². The summed E-state index contributed by atoms with van der Waals surface area (Å²) in [5, 5.41) is 9.18. The fraction of sp³-hybridized carbons (Fsp3) is 0.375. The normalized spacial score (nSPS) is 13.1. The predicted molar refractivity (Wildman–Crippen MR) is 47.3 cm³/mol. The second-order valence-corrected chi connectivity index (χ2v) is 3.30. The maximum absolute atomic E-state index is 9.18. The predicted octanol–water partition coefficient (Wildman–Crippen LogP) is 2.21. The van der Waals surface area contributed by atoms with Crippen molar-refractivity contribution >= 4 is 15.9 Å². The van der Waals surface area contributed by atoms with Crippen molar-refractivity contribution in [1.29, 1.82) is 0 Å². The molecule has 0 radical (unpaired) electrons. The molecule has 0 aliphatic carbocycles. The Hall–Kier alpha value is -0.410. The Bertz CT molecular complexity index is 260. The van der Waals surface area contributed by atoms with Crippen LogP contribution in [0.5, 0.6) is 0 Å². The lowest BCUT2D eigenvalue weighted by molar-refractivity contribution is 0.199. The summed E-state index contributed by atoms with van der Waals surface area (Å²) in [6.07, 6.45) is 1.23. The number of hydrogen-bond acceptors (Lipinski definition) is 2. The number of aryl methyl sites for hydroxylation is 1. The molecule has 11 heavy (non-hydrogen) atoms. The SMILES string of the molecule is Cc1cc(C(C)O)cnc1Br. The molecular weight excluding hydrogens is 206 g/mol. The average Bonchev–Trinajstić information content (AvgIpc) is 1.94. The van der Waals surface area contributed by atoms with E-state index in [9.17, 15) is 5.11 Å². The molecule has 1 heterocycles. The maximum Gasteiger partial charge on any atom is 0.108 e. The highest BCUT2D eigenvalue weighted by atomic mass is 79.9. The van der Waals surface area contributed by atoms with Crippen molar-refractivity contribution in [2.75, 3.05) is 0 Å². The summed E-state index contributed by atoms with van der Waals surface area (Å²) in [4.78, 5) is 4.06. The van der Waals surface area contributed by atoms with Gasteiger partial charge in [-0.05, 0) is 47.0 Å². The van der Waals surface area contributed by atoms with Gasteiger partial charge in [0.05, 0.1) is 6.10 Å². The second kappa shape index (κ2) is 3.32. The van der Waals surface area contributed by atoms with Gasteiger partial charge in [0.25, 0.3) is 0 Å². The summed E-state index contributed by atoms with van der Waals surface area (Å²) in [6.45, 7) is 3.67. The van der Waals surface area contributed by atoms with Crippen LogP contribution in [0.15, 0.2) is 16.9 Å². The summed E-state index contributed by atoms with van der Waals surface area (Å²) in [6, 6.07) is 1.92. The van der Waals surface area contributed by atoms with Gasteiger partial charge in [-0.2, -0.15) is 0 Å². The standard InChI is InChI=1S/C8H10BrNO/c1-5-3-7(6(2)11)4-10-8(5)9/h3-4,6,11H,1-2H3. The van der Waals surface area contributed by atoms with E-state index in [1.807, 2.05) is 13.0 Å². The molecule has 1 unspecified atom stereocenters. The van der Waals surface area contributed by atoms with Crippen LogP contribution in [0.25, 0.3) is 0 Å². The Kier molecular flexibility index (Phi) is 2.62. The zero-order valence-corrected chi connectivity index (χ0v) is 8.09. The molecule has 0 amide bonds. The molecule has 1 rings (SSSR count). The molecule has 0 saturated heterocycles. The third-order valence-corrected chi connectivity index (χ3v) is 2.35. The van der Waals surface area contributed by atoms with E-state index in [4.69, 9.17) is 0 Å². The Morgan fingerprint density at radius 2 is 2.27 bits per heavy atom. The summed E-state index contributed by atoms with van der Waals surface area (Å²) in [7, 11) is 0. The van der Waals surface area contributed by atoms with E-state index in [0.717, 1.165) is 15.7 Å². The lowest BCUT2D eigenvalue weighted by Crippen LogP contribution is -1.93. The smallest absolute Gasteiger partial charge is 0.108 e. The van der Waals surface area contributed by atoms with Gasteiger partial charge in [-0.1, -0.05) is 0 Å². The van der Waals surface area contributed by atoms with Crippen molar-refractivity contribution in [2.24, 2.45) is 0 Å². The summed E-state index contributed by atoms with van der Waals surface area (Å²) >= 11 is 3.29. The van der Waals surface area contributed by atoms with E-state index in [1.54, 1.807) is 13.1 Å². The topological polar surface area (TPSA) is 33.1 Å². The number of aliphatic hydroxyl groups is 1. The van der Waals surface area contributed by atoms with Crippen molar-refractivity contribution in [2.45, 2.75) is 20.0 Å². The molecular formula is C8H10BrNO. The molecule has 0 fully saturated rings. The molecule has 2 nitrogen and oxygen atoms in total. The van der Waals surface area contributed by atoms with Crippen LogP contribution in [-0.2, 0) is 0 Å². The average molecular weight is 216 g/mol. The van der Waals surface area contributed by atoms with E-state index in [0.29, 0.717) is 0 Å². The van der Waals surface area contributed by atoms with E-state index in [-0.39, 0.29) is 0 Å². The highest BCUT2D eigenvalue weighted by Crippen LogP contribution is 2.17. The van der Waals surface area contributed by atoms with Crippen LogP contribution in [0.2, 0.25) is 0 Å². The minimum Gasteiger partial charge on any atom is -0.389 e. The third-order valence-electron chi connectivity index (χ3n) is 1.52. The maximum atomic E-state index is 9.18. The van der Waals surface area contributed by atoms with Crippen molar-refractivity contribution < 1.29 is 5.11 Å².